The average molecular weight is 338 g/mol. The van der Waals surface area contributed by atoms with Crippen molar-refractivity contribution in [2.45, 2.75) is 19.4 Å². The Hall–Kier alpha value is -1.44. The number of piperazine rings is 1. The molecule has 7 heteroatoms. The molecule has 0 bridgehead atoms. The number of ether oxygens (including phenoxy) is 1. The second-order valence-electron chi connectivity index (χ2n) is 6.35. The molecule has 1 saturated heterocycles. The van der Waals surface area contributed by atoms with E-state index in [-0.39, 0.29) is 11.3 Å². The number of carboxylic acids is 1. The second-order valence-corrected chi connectivity index (χ2v) is 7.52. The van der Waals surface area contributed by atoms with Crippen molar-refractivity contribution >= 4 is 23.2 Å². The zero-order chi connectivity index (χ0) is 16.4. The van der Waals surface area contributed by atoms with Crippen LogP contribution in [0.15, 0.2) is 12.1 Å². The highest BCUT2D eigenvalue weighted by atomic mass is 32.1. The van der Waals surface area contributed by atoms with Gasteiger partial charge in [-0.15, -0.1) is 11.3 Å². The predicted molar refractivity (Wildman–Crippen MR) is 86.7 cm³/mol. The first-order valence-electron chi connectivity index (χ1n) is 7.87. The van der Waals surface area contributed by atoms with Gasteiger partial charge in [0.15, 0.2) is 0 Å². The van der Waals surface area contributed by atoms with Crippen LogP contribution in [0.3, 0.4) is 0 Å². The van der Waals surface area contributed by atoms with Gasteiger partial charge in [-0.1, -0.05) is 0 Å². The number of carbonyl (C=O) groups is 2. The summed E-state index contributed by atoms with van der Waals surface area (Å²) in [5.41, 5.74) is -0.249. The predicted octanol–water partition coefficient (Wildman–Crippen LogP) is 1.52. The van der Waals surface area contributed by atoms with Crippen molar-refractivity contribution in [1.82, 2.24) is 9.80 Å². The van der Waals surface area contributed by atoms with E-state index in [1.807, 2.05) is 11.0 Å². The molecule has 2 heterocycles. The van der Waals surface area contributed by atoms with E-state index in [2.05, 4.69) is 4.90 Å². The third-order valence-electron chi connectivity index (χ3n) is 4.64. The fraction of sp³-hybridized carbons (Fsp3) is 0.625. The Labute approximate surface area is 139 Å². The van der Waals surface area contributed by atoms with Crippen molar-refractivity contribution in [3.8, 4) is 0 Å². The molecule has 1 saturated carbocycles. The van der Waals surface area contributed by atoms with Gasteiger partial charge in [-0.2, -0.15) is 0 Å². The fourth-order valence-corrected chi connectivity index (χ4v) is 3.98. The lowest BCUT2D eigenvalue weighted by molar-refractivity contribution is -0.140. The maximum atomic E-state index is 12.6. The van der Waals surface area contributed by atoms with Crippen LogP contribution in [0, 0.1) is 5.41 Å². The summed E-state index contributed by atoms with van der Waals surface area (Å²) in [6.07, 6.45) is 1.88. The summed E-state index contributed by atoms with van der Waals surface area (Å²) in [5.74, 6) is -0.632. The maximum absolute atomic E-state index is 12.6. The molecule has 23 heavy (non-hydrogen) atoms. The molecule has 0 radical (unpaired) electrons. The largest absolute Gasteiger partial charge is 0.477 e. The van der Waals surface area contributed by atoms with Crippen molar-refractivity contribution in [3.05, 3.63) is 21.9 Å². The van der Waals surface area contributed by atoms with Gasteiger partial charge in [-0.25, -0.2) is 4.79 Å². The molecule has 1 aromatic heterocycles. The molecular weight excluding hydrogens is 316 g/mol. The van der Waals surface area contributed by atoms with Gasteiger partial charge in [0.1, 0.15) is 4.88 Å². The minimum Gasteiger partial charge on any atom is -0.477 e. The molecule has 0 aromatic carbocycles. The van der Waals surface area contributed by atoms with Gasteiger partial charge in [0, 0.05) is 44.7 Å². The zero-order valence-corrected chi connectivity index (χ0v) is 14.1. The van der Waals surface area contributed by atoms with Crippen LogP contribution in [0.1, 0.15) is 27.4 Å². The summed E-state index contributed by atoms with van der Waals surface area (Å²) in [6, 6.07) is 3.53. The molecule has 126 valence electrons. The van der Waals surface area contributed by atoms with E-state index in [1.54, 1.807) is 13.2 Å². The van der Waals surface area contributed by atoms with Crippen molar-refractivity contribution in [2.24, 2.45) is 5.41 Å². The summed E-state index contributed by atoms with van der Waals surface area (Å²) in [5, 5.41) is 8.97. The number of carboxylic acid groups (broad SMARTS) is 1. The zero-order valence-electron chi connectivity index (χ0n) is 13.3. The number of thiophene rings is 1. The van der Waals surface area contributed by atoms with Crippen LogP contribution < -0.4 is 0 Å². The van der Waals surface area contributed by atoms with E-state index >= 15 is 0 Å². The van der Waals surface area contributed by atoms with E-state index in [1.165, 1.54) is 11.3 Å². The smallest absolute Gasteiger partial charge is 0.345 e. The average Bonchev–Trinajstić information content (AvgIpc) is 3.17. The highest BCUT2D eigenvalue weighted by Gasteiger charge is 2.51. The monoisotopic (exact) mass is 338 g/mol. The third kappa shape index (κ3) is 3.57. The van der Waals surface area contributed by atoms with E-state index in [4.69, 9.17) is 9.84 Å². The summed E-state index contributed by atoms with van der Waals surface area (Å²) in [4.78, 5) is 29.2. The van der Waals surface area contributed by atoms with Crippen LogP contribution in [-0.2, 0) is 16.1 Å². The lowest BCUT2D eigenvalue weighted by Crippen LogP contribution is -2.51. The molecule has 1 amide bonds. The molecule has 1 aliphatic heterocycles. The van der Waals surface area contributed by atoms with Crippen LogP contribution >= 0.6 is 11.3 Å². The molecule has 3 rings (SSSR count). The normalized spacial score (nSPS) is 20.5. The number of rotatable bonds is 6. The lowest BCUT2D eigenvalue weighted by atomic mass is 10.1. The number of aromatic carboxylic acids is 1. The van der Waals surface area contributed by atoms with Gasteiger partial charge in [-0.3, -0.25) is 9.69 Å². The van der Waals surface area contributed by atoms with Crippen molar-refractivity contribution in [1.29, 1.82) is 0 Å². The number of carbonyl (C=O) groups excluding carboxylic acids is 1. The Morgan fingerprint density at radius 2 is 1.96 bits per heavy atom. The Morgan fingerprint density at radius 1 is 1.26 bits per heavy atom. The Balaban J connectivity index is 1.50. The minimum absolute atomic E-state index is 0.239. The van der Waals surface area contributed by atoms with Crippen LogP contribution in [0.4, 0.5) is 0 Å². The van der Waals surface area contributed by atoms with Crippen LogP contribution in [-0.4, -0.2) is 66.7 Å². The van der Waals surface area contributed by atoms with Gasteiger partial charge in [0.25, 0.3) is 0 Å². The number of amides is 1. The minimum atomic E-state index is -0.871. The molecular formula is C16H22N2O4S. The van der Waals surface area contributed by atoms with E-state index in [0.717, 1.165) is 50.4 Å². The highest BCUT2D eigenvalue weighted by Crippen LogP contribution is 2.47. The van der Waals surface area contributed by atoms with Crippen molar-refractivity contribution in [2.75, 3.05) is 39.9 Å². The molecule has 1 N–H and O–H groups in total. The van der Waals surface area contributed by atoms with Crippen LogP contribution in [0.5, 0.6) is 0 Å². The summed E-state index contributed by atoms with van der Waals surface area (Å²) < 4.78 is 5.20. The van der Waals surface area contributed by atoms with E-state index in [0.29, 0.717) is 11.5 Å². The molecule has 6 nitrogen and oxygen atoms in total. The molecule has 0 unspecified atom stereocenters. The Kier molecular flexibility index (Phi) is 4.70. The molecule has 1 aromatic rings. The molecule has 1 aliphatic carbocycles. The van der Waals surface area contributed by atoms with Gasteiger partial charge in [0.2, 0.25) is 5.91 Å². The summed E-state index contributed by atoms with van der Waals surface area (Å²) >= 11 is 1.32. The Morgan fingerprint density at radius 3 is 2.48 bits per heavy atom. The first-order chi connectivity index (χ1) is 11.0. The van der Waals surface area contributed by atoms with E-state index in [9.17, 15) is 9.59 Å². The van der Waals surface area contributed by atoms with Gasteiger partial charge >= 0.3 is 5.97 Å². The number of nitrogens with zero attached hydrogens (tertiary/aromatic N) is 2. The standard InChI is InChI=1S/C16H22N2O4S/c1-22-11-16(4-5-16)15(21)18-8-6-17(7-9-18)10-12-2-3-13(23-12)14(19)20/h2-3H,4-11H2,1H3,(H,19,20). The first-order valence-corrected chi connectivity index (χ1v) is 8.68. The second kappa shape index (κ2) is 6.59. The molecule has 0 atom stereocenters. The molecule has 0 spiro atoms. The van der Waals surface area contributed by atoms with Crippen LogP contribution in [0.2, 0.25) is 0 Å². The Bertz CT molecular complexity index is 589. The maximum Gasteiger partial charge on any atom is 0.345 e. The highest BCUT2D eigenvalue weighted by molar-refractivity contribution is 7.13. The molecule has 2 fully saturated rings. The summed E-state index contributed by atoms with van der Waals surface area (Å²) in [7, 11) is 1.65. The van der Waals surface area contributed by atoms with Gasteiger partial charge in [0.05, 0.1) is 12.0 Å². The van der Waals surface area contributed by atoms with Crippen molar-refractivity contribution in [3.63, 3.8) is 0 Å². The topological polar surface area (TPSA) is 70.1 Å². The number of hydrogen-bond donors (Lipinski definition) is 1. The fourth-order valence-electron chi connectivity index (χ4n) is 3.09. The number of methoxy groups -OCH3 is 1. The SMILES string of the molecule is COCC1(C(=O)N2CCN(Cc3ccc(C(=O)O)s3)CC2)CC1. The molecule has 2 aliphatic rings. The summed E-state index contributed by atoms with van der Waals surface area (Å²) in [6.45, 7) is 4.41. The third-order valence-corrected chi connectivity index (χ3v) is 5.70. The number of hydrogen-bond acceptors (Lipinski definition) is 5. The van der Waals surface area contributed by atoms with E-state index < -0.39 is 5.97 Å². The first kappa shape index (κ1) is 16.4. The van der Waals surface area contributed by atoms with Gasteiger partial charge < -0.3 is 14.7 Å². The quantitative estimate of drug-likeness (QED) is 0.851. The van der Waals surface area contributed by atoms with Crippen molar-refractivity contribution < 1.29 is 19.4 Å². The van der Waals surface area contributed by atoms with Gasteiger partial charge in [-0.05, 0) is 25.0 Å². The van der Waals surface area contributed by atoms with Crippen LogP contribution in [0.25, 0.3) is 0 Å². The lowest BCUT2D eigenvalue weighted by Gasteiger charge is -2.36.